The molecule has 1 aliphatic rings. The van der Waals surface area contributed by atoms with Gasteiger partial charge in [-0.05, 0) is 36.8 Å². The van der Waals surface area contributed by atoms with Crippen LogP contribution in [-0.2, 0) is 12.8 Å². The summed E-state index contributed by atoms with van der Waals surface area (Å²) in [5.74, 6) is 1.56. The molecule has 1 N–H and O–H groups in total. The molecular weight excluding hydrogens is 262 g/mol. The third-order valence-corrected chi connectivity index (χ3v) is 4.06. The first kappa shape index (κ1) is 13.9. The van der Waals surface area contributed by atoms with Crippen LogP contribution >= 0.6 is 0 Å². The zero-order valence-electron chi connectivity index (χ0n) is 12.6. The van der Waals surface area contributed by atoms with Gasteiger partial charge in [-0.2, -0.15) is 0 Å². The maximum absolute atomic E-state index is 6.26. The third kappa shape index (κ3) is 2.71. The van der Waals surface area contributed by atoms with E-state index in [0.717, 1.165) is 37.1 Å². The Morgan fingerprint density at radius 2 is 2.14 bits per heavy atom. The number of hydrogen-bond donors (Lipinski definition) is 1. The Labute approximate surface area is 125 Å². The Morgan fingerprint density at radius 1 is 1.29 bits per heavy atom. The number of ether oxygens (including phenoxy) is 1. The molecule has 2 aromatic rings. The van der Waals surface area contributed by atoms with Crippen molar-refractivity contribution in [3.63, 3.8) is 0 Å². The fraction of sp³-hybridized carbons (Fsp3) is 0.412. The van der Waals surface area contributed by atoms with Crippen LogP contribution in [0.5, 0.6) is 5.88 Å². The minimum absolute atomic E-state index is 0.0971. The van der Waals surface area contributed by atoms with Crippen LogP contribution in [0.2, 0.25) is 0 Å². The SMILES string of the molecule is CCc1c(NC)ncnc1OC1CCCc2ccccc21. The standard InChI is InChI=1S/C17H21N3O/c1-3-13-16(18-2)19-11-20-17(13)21-15-10-6-8-12-7-4-5-9-14(12)15/h4-5,7,9,11,15H,3,6,8,10H2,1-2H3,(H,18,19,20). The van der Waals surface area contributed by atoms with Gasteiger partial charge in [0.25, 0.3) is 0 Å². The van der Waals surface area contributed by atoms with Gasteiger partial charge in [-0.1, -0.05) is 31.2 Å². The lowest BCUT2D eigenvalue weighted by Crippen LogP contribution is -2.17. The summed E-state index contributed by atoms with van der Waals surface area (Å²) in [5, 5.41) is 3.11. The summed E-state index contributed by atoms with van der Waals surface area (Å²) in [7, 11) is 1.88. The van der Waals surface area contributed by atoms with Gasteiger partial charge in [-0.15, -0.1) is 0 Å². The van der Waals surface area contributed by atoms with E-state index >= 15 is 0 Å². The fourth-order valence-electron chi connectivity index (χ4n) is 3.00. The lowest BCUT2D eigenvalue weighted by molar-refractivity contribution is 0.174. The highest BCUT2D eigenvalue weighted by atomic mass is 16.5. The molecule has 0 radical (unpaired) electrons. The van der Waals surface area contributed by atoms with Crippen LogP contribution in [0.1, 0.15) is 42.6 Å². The van der Waals surface area contributed by atoms with Crippen LogP contribution < -0.4 is 10.1 Å². The van der Waals surface area contributed by atoms with E-state index in [4.69, 9.17) is 4.74 Å². The fourth-order valence-corrected chi connectivity index (χ4v) is 3.00. The summed E-state index contributed by atoms with van der Waals surface area (Å²) < 4.78 is 6.26. The lowest BCUT2D eigenvalue weighted by atomic mass is 9.89. The molecule has 0 bridgehead atoms. The minimum Gasteiger partial charge on any atom is -0.469 e. The Morgan fingerprint density at radius 3 is 2.95 bits per heavy atom. The van der Waals surface area contributed by atoms with E-state index in [1.807, 2.05) is 7.05 Å². The normalized spacial score (nSPS) is 17.1. The maximum Gasteiger partial charge on any atom is 0.222 e. The van der Waals surface area contributed by atoms with Gasteiger partial charge in [0.1, 0.15) is 18.2 Å². The molecule has 4 nitrogen and oxygen atoms in total. The van der Waals surface area contributed by atoms with Crippen LogP contribution in [0, 0.1) is 0 Å². The monoisotopic (exact) mass is 283 g/mol. The number of aromatic nitrogens is 2. The van der Waals surface area contributed by atoms with Crippen molar-refractivity contribution in [2.45, 2.75) is 38.7 Å². The van der Waals surface area contributed by atoms with Crippen LogP contribution in [0.4, 0.5) is 5.82 Å². The molecule has 1 aliphatic carbocycles. The zero-order chi connectivity index (χ0) is 14.7. The van der Waals surface area contributed by atoms with Crippen LogP contribution in [-0.4, -0.2) is 17.0 Å². The van der Waals surface area contributed by atoms with E-state index in [1.54, 1.807) is 6.33 Å². The molecule has 0 aliphatic heterocycles. The van der Waals surface area contributed by atoms with Crippen molar-refractivity contribution in [2.24, 2.45) is 0 Å². The Hall–Kier alpha value is -2.10. The summed E-state index contributed by atoms with van der Waals surface area (Å²) in [4.78, 5) is 8.62. The van der Waals surface area contributed by atoms with Gasteiger partial charge >= 0.3 is 0 Å². The molecule has 1 aromatic heterocycles. The van der Waals surface area contributed by atoms with Crippen molar-refractivity contribution in [1.29, 1.82) is 0 Å². The van der Waals surface area contributed by atoms with Gasteiger partial charge in [-0.3, -0.25) is 0 Å². The first-order valence-corrected chi connectivity index (χ1v) is 7.59. The van der Waals surface area contributed by atoms with Gasteiger partial charge < -0.3 is 10.1 Å². The molecule has 3 rings (SSSR count). The van der Waals surface area contributed by atoms with Gasteiger partial charge in [0, 0.05) is 7.05 Å². The smallest absolute Gasteiger partial charge is 0.222 e. The lowest BCUT2D eigenvalue weighted by Gasteiger charge is -2.26. The highest BCUT2D eigenvalue weighted by molar-refractivity contribution is 5.48. The number of rotatable bonds is 4. The number of anilines is 1. The largest absolute Gasteiger partial charge is 0.469 e. The minimum atomic E-state index is 0.0971. The molecular formula is C17H21N3O. The second kappa shape index (κ2) is 6.12. The van der Waals surface area contributed by atoms with E-state index in [0.29, 0.717) is 5.88 Å². The molecule has 1 aromatic carbocycles. The predicted octanol–water partition coefficient (Wildman–Crippen LogP) is 3.54. The molecule has 4 heteroatoms. The number of benzene rings is 1. The van der Waals surface area contributed by atoms with Crippen molar-refractivity contribution < 1.29 is 4.74 Å². The van der Waals surface area contributed by atoms with Crippen molar-refractivity contribution in [3.8, 4) is 5.88 Å². The Balaban J connectivity index is 1.92. The van der Waals surface area contributed by atoms with E-state index in [9.17, 15) is 0 Å². The molecule has 0 spiro atoms. The second-order valence-electron chi connectivity index (χ2n) is 5.31. The summed E-state index contributed by atoms with van der Waals surface area (Å²) in [6.45, 7) is 2.10. The average molecular weight is 283 g/mol. The molecule has 21 heavy (non-hydrogen) atoms. The first-order valence-electron chi connectivity index (χ1n) is 7.59. The summed E-state index contributed by atoms with van der Waals surface area (Å²) >= 11 is 0. The van der Waals surface area contributed by atoms with Crippen molar-refractivity contribution in [1.82, 2.24) is 9.97 Å². The van der Waals surface area contributed by atoms with Gasteiger partial charge in [-0.25, -0.2) is 9.97 Å². The van der Waals surface area contributed by atoms with E-state index in [2.05, 4.69) is 46.5 Å². The summed E-state index contributed by atoms with van der Waals surface area (Å²) in [6, 6.07) is 8.55. The first-order chi connectivity index (χ1) is 10.3. The molecule has 0 saturated heterocycles. The molecule has 1 unspecified atom stereocenters. The number of fused-ring (bicyclic) bond motifs is 1. The van der Waals surface area contributed by atoms with Gasteiger partial charge in [0.05, 0.1) is 5.56 Å². The number of aryl methyl sites for hydroxylation is 1. The van der Waals surface area contributed by atoms with Gasteiger partial charge in [0.15, 0.2) is 0 Å². The third-order valence-electron chi connectivity index (χ3n) is 4.06. The van der Waals surface area contributed by atoms with Crippen LogP contribution in [0.3, 0.4) is 0 Å². The highest BCUT2D eigenvalue weighted by Gasteiger charge is 2.23. The molecule has 0 amide bonds. The second-order valence-corrected chi connectivity index (χ2v) is 5.31. The molecule has 110 valence electrons. The molecule has 1 heterocycles. The highest BCUT2D eigenvalue weighted by Crippen LogP contribution is 2.34. The number of nitrogens with zero attached hydrogens (tertiary/aromatic N) is 2. The number of nitrogens with one attached hydrogen (secondary N) is 1. The quantitative estimate of drug-likeness (QED) is 0.932. The van der Waals surface area contributed by atoms with Crippen molar-refractivity contribution in [2.75, 3.05) is 12.4 Å². The van der Waals surface area contributed by atoms with E-state index < -0.39 is 0 Å². The number of hydrogen-bond acceptors (Lipinski definition) is 4. The molecule has 0 fully saturated rings. The Bertz CT molecular complexity index is 627. The van der Waals surface area contributed by atoms with Crippen LogP contribution in [0.15, 0.2) is 30.6 Å². The van der Waals surface area contributed by atoms with Crippen LogP contribution in [0.25, 0.3) is 0 Å². The van der Waals surface area contributed by atoms with E-state index in [1.165, 1.54) is 11.1 Å². The van der Waals surface area contributed by atoms with Gasteiger partial charge in [0.2, 0.25) is 5.88 Å². The van der Waals surface area contributed by atoms with E-state index in [-0.39, 0.29) is 6.10 Å². The average Bonchev–Trinajstić information content (AvgIpc) is 2.55. The maximum atomic E-state index is 6.26. The summed E-state index contributed by atoms with van der Waals surface area (Å²) in [5.41, 5.74) is 3.74. The summed E-state index contributed by atoms with van der Waals surface area (Å²) in [6.07, 6.45) is 5.85. The van der Waals surface area contributed by atoms with Crippen molar-refractivity contribution >= 4 is 5.82 Å². The molecule has 1 atom stereocenters. The Kier molecular flexibility index (Phi) is 4.04. The van der Waals surface area contributed by atoms with Crippen molar-refractivity contribution in [3.05, 3.63) is 47.3 Å². The topological polar surface area (TPSA) is 47.0 Å². The molecule has 0 saturated carbocycles. The zero-order valence-corrected chi connectivity index (χ0v) is 12.6. The predicted molar refractivity (Wildman–Crippen MR) is 83.7 cm³/mol.